The van der Waals surface area contributed by atoms with E-state index in [1.54, 1.807) is 0 Å². The minimum absolute atomic E-state index is 0. The van der Waals surface area contributed by atoms with Crippen molar-refractivity contribution in [2.75, 3.05) is 0 Å². The van der Waals surface area contributed by atoms with Gasteiger partial charge in [0.1, 0.15) is 11.6 Å². The van der Waals surface area contributed by atoms with Gasteiger partial charge in [-0.25, -0.2) is 4.98 Å². The Bertz CT molecular complexity index is 3100. The number of phenols is 1. The summed E-state index contributed by atoms with van der Waals surface area (Å²) in [5.74, 6) is 0.920. The van der Waals surface area contributed by atoms with E-state index in [1.165, 1.54) is 11.1 Å². The normalized spacial score (nSPS) is 12.0. The van der Waals surface area contributed by atoms with Crippen molar-refractivity contribution in [3.8, 4) is 67.5 Å². The summed E-state index contributed by atoms with van der Waals surface area (Å²) < 4.78 is 2.26. The van der Waals surface area contributed by atoms with Crippen molar-refractivity contribution in [1.82, 2.24) is 14.5 Å². The Kier molecular flexibility index (Phi) is 12.0. The van der Waals surface area contributed by atoms with Gasteiger partial charge in [0.05, 0.1) is 22.3 Å². The van der Waals surface area contributed by atoms with Crippen LogP contribution in [0, 0.1) is 6.07 Å². The van der Waals surface area contributed by atoms with Gasteiger partial charge >= 0.3 is 0 Å². The number of rotatable bonds is 8. The molecule has 0 unspecified atom stereocenters. The Morgan fingerprint density at radius 2 is 1.08 bits per heavy atom. The van der Waals surface area contributed by atoms with E-state index < -0.39 is 0 Å². The van der Waals surface area contributed by atoms with Crippen LogP contribution in [0.1, 0.15) is 77.6 Å². The number of pyridine rings is 1. The number of aromatic nitrogens is 3. The van der Waals surface area contributed by atoms with Crippen LogP contribution < -0.4 is 0 Å². The molecule has 0 aliphatic carbocycles. The van der Waals surface area contributed by atoms with E-state index in [4.69, 9.17) is 9.97 Å². The number of hydrogen-bond acceptors (Lipinski definition) is 3. The van der Waals surface area contributed by atoms with E-state index in [-0.39, 0.29) is 43.1 Å². The van der Waals surface area contributed by atoms with Crippen molar-refractivity contribution < 1.29 is 26.2 Å². The van der Waals surface area contributed by atoms with Gasteiger partial charge in [0.2, 0.25) is 0 Å². The maximum Gasteiger partial charge on any atom is 0.148 e. The van der Waals surface area contributed by atoms with E-state index in [0.29, 0.717) is 11.4 Å². The molecule has 64 heavy (non-hydrogen) atoms. The topological polar surface area (TPSA) is 50.9 Å². The summed E-state index contributed by atoms with van der Waals surface area (Å²) in [5, 5.41) is 12.2. The maximum absolute atomic E-state index is 12.2. The largest absolute Gasteiger partial charge is 0.507 e. The van der Waals surface area contributed by atoms with Crippen molar-refractivity contribution >= 4 is 11.0 Å². The summed E-state index contributed by atoms with van der Waals surface area (Å²) in [6.07, 6.45) is 1.89. The first-order chi connectivity index (χ1) is 30.2. The molecule has 5 heteroatoms. The number of benzene rings is 7. The Labute approximate surface area is 393 Å². The summed E-state index contributed by atoms with van der Waals surface area (Å²) in [7, 11) is 0. The van der Waals surface area contributed by atoms with E-state index in [9.17, 15) is 5.11 Å². The molecular formula is C59H54N3OPt-. The maximum atomic E-state index is 12.2. The number of aromatic hydroxyl groups is 1. The van der Waals surface area contributed by atoms with Crippen molar-refractivity contribution in [2.45, 2.75) is 71.6 Å². The van der Waals surface area contributed by atoms with Crippen molar-refractivity contribution in [3.05, 3.63) is 204 Å². The van der Waals surface area contributed by atoms with E-state index in [2.05, 4.69) is 212 Å². The zero-order valence-corrected chi connectivity index (χ0v) is 40.1. The monoisotopic (exact) mass is 1020 g/mol. The summed E-state index contributed by atoms with van der Waals surface area (Å²) in [5.41, 5.74) is 15.1. The Morgan fingerprint density at radius 1 is 0.500 bits per heavy atom. The third kappa shape index (κ3) is 8.40. The molecule has 0 spiro atoms. The number of para-hydroxylation sites is 2. The summed E-state index contributed by atoms with van der Waals surface area (Å²) in [6.45, 7) is 17.8. The molecular weight excluding hydrogens is 962 g/mol. The second-order valence-corrected chi connectivity index (χ2v) is 19.2. The van der Waals surface area contributed by atoms with Gasteiger partial charge in [-0.2, -0.15) is 0 Å². The van der Waals surface area contributed by atoms with E-state index >= 15 is 0 Å². The first-order valence-electron chi connectivity index (χ1n) is 21.9. The van der Waals surface area contributed by atoms with Crippen molar-refractivity contribution in [3.63, 3.8) is 0 Å². The van der Waals surface area contributed by atoms with Crippen LogP contribution in [0.15, 0.2) is 176 Å². The summed E-state index contributed by atoms with van der Waals surface area (Å²) in [6, 6.07) is 63.5. The number of nitrogens with zero attached hydrogens (tertiary/aromatic N) is 3. The van der Waals surface area contributed by atoms with Crippen LogP contribution in [0.2, 0.25) is 0 Å². The molecule has 9 aromatic rings. The fourth-order valence-corrected chi connectivity index (χ4v) is 8.84. The molecule has 1 N–H and O–H groups in total. The number of fused-ring (bicyclic) bond motifs is 1. The van der Waals surface area contributed by atoms with E-state index in [1.807, 2.05) is 30.5 Å². The second kappa shape index (κ2) is 17.3. The number of imidazole rings is 1. The molecule has 0 bridgehead atoms. The summed E-state index contributed by atoms with van der Waals surface area (Å²) in [4.78, 5) is 10.5. The number of hydrogen-bond donors (Lipinski definition) is 1. The molecule has 4 nitrogen and oxygen atoms in total. The van der Waals surface area contributed by atoms with Crippen LogP contribution in [0.5, 0.6) is 5.75 Å². The van der Waals surface area contributed by atoms with Gasteiger partial charge in [0, 0.05) is 38.4 Å². The second-order valence-electron chi connectivity index (χ2n) is 19.2. The zero-order valence-electron chi connectivity index (χ0n) is 37.8. The third-order valence-electron chi connectivity index (χ3n) is 12.4. The van der Waals surface area contributed by atoms with Crippen molar-refractivity contribution in [2.24, 2.45) is 0 Å². The molecule has 7 aromatic carbocycles. The van der Waals surface area contributed by atoms with Crippen LogP contribution in [0.25, 0.3) is 72.7 Å². The van der Waals surface area contributed by atoms with Crippen molar-refractivity contribution in [1.29, 1.82) is 0 Å². The van der Waals surface area contributed by atoms with Gasteiger partial charge in [-0.05, 0) is 80.1 Å². The number of phenolic OH excluding ortho intramolecular Hbond substituents is 1. The fourth-order valence-electron chi connectivity index (χ4n) is 8.84. The Balaban J connectivity index is 0.00000560. The van der Waals surface area contributed by atoms with Crippen LogP contribution in [0.4, 0.5) is 0 Å². The summed E-state index contributed by atoms with van der Waals surface area (Å²) >= 11 is 0. The standard InChI is InChI=1S/C59H54N3O.Pt/c1-57(2,3)49-28-18-27-48(55(49)63)56-61-54-47(26-19-29-53(54)62(56)52-31-30-41(37-50(52)58(4,5)6)39-20-12-9-13-21-39)43-34-44(36-46(35-43)59(7,8)45-24-16-11-17-25-45)51-38-42(32-33-60-51)40-22-14-10-15-23-40;/h9-33,35-38,63H,1-8H3;/q-1;. The average Bonchev–Trinajstić information content (AvgIpc) is 3.68. The third-order valence-corrected chi connectivity index (χ3v) is 12.4. The molecule has 0 radical (unpaired) electrons. The Hall–Kier alpha value is -6.35. The van der Waals surface area contributed by atoms with E-state index in [0.717, 1.165) is 72.5 Å². The minimum Gasteiger partial charge on any atom is -0.507 e. The zero-order chi connectivity index (χ0) is 44.1. The van der Waals surface area contributed by atoms with Crippen LogP contribution in [-0.2, 0) is 37.3 Å². The smallest absolute Gasteiger partial charge is 0.148 e. The fraction of sp³-hybridized carbons (Fsp3) is 0.186. The SMILES string of the molecule is CC(C)(C)c1cc(-c2ccccc2)ccc1-n1c(-c2cccc(C(C)(C)C)c2O)nc2c(-c3[c-]c(-c4cc(-c5ccccc5)ccn4)cc(C(C)(C)c4ccccc4)c3)cccc21.[Pt]. The molecule has 9 rings (SSSR count). The Morgan fingerprint density at radius 3 is 1.72 bits per heavy atom. The molecule has 0 aliphatic rings. The quantitative estimate of drug-likeness (QED) is 0.154. The average molecular weight is 1020 g/mol. The van der Waals surface area contributed by atoms with Gasteiger partial charge in [0.25, 0.3) is 0 Å². The molecule has 0 atom stereocenters. The van der Waals surface area contributed by atoms with Gasteiger partial charge < -0.3 is 5.11 Å². The molecule has 0 saturated carbocycles. The van der Waals surface area contributed by atoms with Gasteiger partial charge in [-0.1, -0.05) is 194 Å². The minimum atomic E-state index is -0.351. The van der Waals surface area contributed by atoms with Crippen LogP contribution in [-0.4, -0.2) is 19.6 Å². The predicted octanol–water partition coefficient (Wildman–Crippen LogP) is 15.2. The molecule has 2 aromatic heterocycles. The molecule has 0 amide bonds. The molecule has 2 heterocycles. The molecule has 322 valence electrons. The van der Waals surface area contributed by atoms with Crippen LogP contribution in [0.3, 0.4) is 0 Å². The molecule has 0 aliphatic heterocycles. The van der Waals surface area contributed by atoms with Crippen LogP contribution >= 0.6 is 0 Å². The predicted molar refractivity (Wildman–Crippen MR) is 263 cm³/mol. The first kappa shape index (κ1) is 44.3. The molecule has 0 saturated heterocycles. The van der Waals surface area contributed by atoms with Gasteiger partial charge in [-0.15, -0.1) is 29.3 Å². The van der Waals surface area contributed by atoms with Gasteiger partial charge in [0.15, 0.2) is 0 Å². The van der Waals surface area contributed by atoms with Gasteiger partial charge in [-0.3, -0.25) is 9.55 Å². The molecule has 0 fully saturated rings. The first-order valence-corrected chi connectivity index (χ1v) is 21.9.